The largest absolute Gasteiger partial charge is 0.452 e. The van der Waals surface area contributed by atoms with Gasteiger partial charge in [-0.2, -0.15) is 0 Å². The summed E-state index contributed by atoms with van der Waals surface area (Å²) in [7, 11) is 0. The third-order valence-electron chi connectivity index (χ3n) is 2.89. The minimum atomic E-state index is -0.967. The van der Waals surface area contributed by atoms with E-state index in [0.29, 0.717) is 17.9 Å². The van der Waals surface area contributed by atoms with Crippen LogP contribution in [0.3, 0.4) is 0 Å². The number of carbonyl (C=O) groups excluding carboxylic acids is 3. The molecule has 5 nitrogen and oxygen atoms in total. The third-order valence-corrected chi connectivity index (χ3v) is 3.51. The summed E-state index contributed by atoms with van der Waals surface area (Å²) < 4.78 is 31.4. The number of benzene rings is 2. The number of amides is 1. The number of nitrogens with one attached hydrogen (secondary N) is 1. The van der Waals surface area contributed by atoms with E-state index in [4.69, 9.17) is 4.74 Å². The molecule has 0 unspecified atom stereocenters. The van der Waals surface area contributed by atoms with Gasteiger partial charge in [-0.05, 0) is 34.1 Å². The van der Waals surface area contributed by atoms with Crippen molar-refractivity contribution in [1.29, 1.82) is 0 Å². The summed E-state index contributed by atoms with van der Waals surface area (Å²) in [6.45, 7) is -0.655. The highest BCUT2D eigenvalue weighted by Crippen LogP contribution is 2.26. The Labute approximate surface area is 143 Å². The molecule has 24 heavy (non-hydrogen) atoms. The first kappa shape index (κ1) is 17.7. The van der Waals surface area contributed by atoms with Gasteiger partial charge in [-0.3, -0.25) is 9.59 Å². The molecule has 8 heteroatoms. The second-order valence-electron chi connectivity index (χ2n) is 4.61. The fourth-order valence-electron chi connectivity index (χ4n) is 1.75. The summed E-state index contributed by atoms with van der Waals surface area (Å²) in [5.74, 6) is -3.34. The molecular weight excluding hydrogens is 388 g/mol. The number of ether oxygens (including phenoxy) is 1. The van der Waals surface area contributed by atoms with E-state index in [1.807, 2.05) is 0 Å². The Morgan fingerprint density at radius 2 is 1.83 bits per heavy atom. The molecule has 1 amide bonds. The average Bonchev–Trinajstić information content (AvgIpc) is 2.56. The lowest BCUT2D eigenvalue weighted by atomic mass is 10.1. The number of anilines is 1. The SMILES string of the molecule is O=Cc1ccc(C(=O)OCC(=O)Nc2c(F)cc(F)cc2Br)cc1. The van der Waals surface area contributed by atoms with Crippen LogP contribution in [0.4, 0.5) is 14.5 Å². The van der Waals surface area contributed by atoms with E-state index >= 15 is 0 Å². The molecule has 0 saturated carbocycles. The van der Waals surface area contributed by atoms with Gasteiger partial charge in [0.1, 0.15) is 12.1 Å². The summed E-state index contributed by atoms with van der Waals surface area (Å²) in [4.78, 5) is 34.0. The Balaban J connectivity index is 1.95. The number of hydrogen-bond acceptors (Lipinski definition) is 4. The second-order valence-corrected chi connectivity index (χ2v) is 5.46. The van der Waals surface area contributed by atoms with Crippen LogP contribution in [-0.4, -0.2) is 24.8 Å². The Morgan fingerprint density at radius 1 is 1.17 bits per heavy atom. The minimum absolute atomic E-state index is 0.0177. The Morgan fingerprint density at radius 3 is 2.42 bits per heavy atom. The number of halogens is 3. The zero-order chi connectivity index (χ0) is 17.7. The number of hydrogen-bond donors (Lipinski definition) is 1. The summed E-state index contributed by atoms with van der Waals surface area (Å²) in [5, 5.41) is 2.18. The van der Waals surface area contributed by atoms with Crippen molar-refractivity contribution < 1.29 is 27.9 Å². The van der Waals surface area contributed by atoms with Crippen LogP contribution in [0.15, 0.2) is 40.9 Å². The molecule has 1 N–H and O–H groups in total. The molecule has 2 aromatic rings. The smallest absolute Gasteiger partial charge is 0.338 e. The van der Waals surface area contributed by atoms with Crippen LogP contribution in [0.25, 0.3) is 0 Å². The molecule has 0 saturated heterocycles. The van der Waals surface area contributed by atoms with E-state index in [1.165, 1.54) is 24.3 Å². The lowest BCUT2D eigenvalue weighted by Gasteiger charge is -2.09. The molecule has 124 valence electrons. The zero-order valence-corrected chi connectivity index (χ0v) is 13.6. The lowest BCUT2D eigenvalue weighted by molar-refractivity contribution is -0.119. The van der Waals surface area contributed by atoms with Crippen molar-refractivity contribution in [2.45, 2.75) is 0 Å². The van der Waals surface area contributed by atoms with Crippen molar-refractivity contribution in [2.24, 2.45) is 0 Å². The first-order chi connectivity index (χ1) is 11.4. The molecule has 0 aromatic heterocycles. The van der Waals surface area contributed by atoms with Gasteiger partial charge in [0.2, 0.25) is 0 Å². The van der Waals surface area contributed by atoms with Crippen LogP contribution in [0.5, 0.6) is 0 Å². The maximum atomic E-state index is 13.6. The maximum Gasteiger partial charge on any atom is 0.338 e. The summed E-state index contributed by atoms with van der Waals surface area (Å²) in [6, 6.07) is 7.20. The molecule has 0 aliphatic carbocycles. The van der Waals surface area contributed by atoms with E-state index in [0.717, 1.165) is 6.07 Å². The number of carbonyl (C=O) groups is 3. The first-order valence-electron chi connectivity index (χ1n) is 6.57. The van der Waals surface area contributed by atoms with Crippen molar-refractivity contribution in [2.75, 3.05) is 11.9 Å². The molecule has 0 aliphatic heterocycles. The molecular formula is C16H10BrF2NO4. The Bertz CT molecular complexity index is 770. The molecule has 0 bridgehead atoms. The molecule has 0 heterocycles. The highest BCUT2D eigenvalue weighted by molar-refractivity contribution is 9.10. The van der Waals surface area contributed by atoms with Crippen LogP contribution < -0.4 is 5.32 Å². The maximum absolute atomic E-state index is 13.6. The molecule has 0 spiro atoms. The first-order valence-corrected chi connectivity index (χ1v) is 7.36. The van der Waals surface area contributed by atoms with Gasteiger partial charge in [-0.1, -0.05) is 12.1 Å². The molecule has 0 aliphatic rings. The Hall–Kier alpha value is -2.61. The molecule has 2 aromatic carbocycles. The van der Waals surface area contributed by atoms with Crippen LogP contribution in [0.2, 0.25) is 0 Å². The highest BCUT2D eigenvalue weighted by Gasteiger charge is 2.15. The van der Waals surface area contributed by atoms with Crippen molar-refractivity contribution in [3.8, 4) is 0 Å². The summed E-state index contributed by atoms with van der Waals surface area (Å²) >= 11 is 2.93. The van der Waals surface area contributed by atoms with Gasteiger partial charge in [0, 0.05) is 16.1 Å². The van der Waals surface area contributed by atoms with E-state index in [9.17, 15) is 23.2 Å². The van der Waals surface area contributed by atoms with Gasteiger partial charge in [-0.15, -0.1) is 0 Å². The van der Waals surface area contributed by atoms with Crippen molar-refractivity contribution in [3.05, 3.63) is 63.6 Å². The summed E-state index contributed by atoms with van der Waals surface area (Å²) in [5.41, 5.74) is 0.288. The van der Waals surface area contributed by atoms with Crippen LogP contribution in [0, 0.1) is 11.6 Å². The van der Waals surface area contributed by atoms with Crippen molar-refractivity contribution in [3.63, 3.8) is 0 Å². The van der Waals surface area contributed by atoms with Gasteiger partial charge >= 0.3 is 5.97 Å². The quantitative estimate of drug-likeness (QED) is 0.620. The van der Waals surface area contributed by atoms with E-state index in [1.54, 1.807) is 0 Å². The lowest BCUT2D eigenvalue weighted by Crippen LogP contribution is -2.21. The van der Waals surface area contributed by atoms with E-state index in [-0.39, 0.29) is 15.7 Å². The van der Waals surface area contributed by atoms with Crippen LogP contribution in [0.1, 0.15) is 20.7 Å². The molecule has 0 atom stereocenters. The number of rotatable bonds is 5. The van der Waals surface area contributed by atoms with Gasteiger partial charge < -0.3 is 10.1 Å². The second kappa shape index (κ2) is 7.78. The minimum Gasteiger partial charge on any atom is -0.452 e. The van der Waals surface area contributed by atoms with Crippen LogP contribution >= 0.6 is 15.9 Å². The third kappa shape index (κ3) is 4.45. The van der Waals surface area contributed by atoms with Crippen LogP contribution in [-0.2, 0) is 9.53 Å². The number of aldehydes is 1. The van der Waals surface area contributed by atoms with Crippen molar-refractivity contribution in [1.82, 2.24) is 0 Å². The van der Waals surface area contributed by atoms with Gasteiger partial charge in [0.05, 0.1) is 11.3 Å². The predicted octanol–water partition coefficient (Wildman–Crippen LogP) is 3.34. The van der Waals surface area contributed by atoms with Gasteiger partial charge in [0.25, 0.3) is 5.91 Å². The van der Waals surface area contributed by atoms with E-state index < -0.39 is 30.1 Å². The van der Waals surface area contributed by atoms with Gasteiger partial charge in [0.15, 0.2) is 12.4 Å². The fourth-order valence-corrected chi connectivity index (χ4v) is 2.26. The predicted molar refractivity (Wildman–Crippen MR) is 84.8 cm³/mol. The normalized spacial score (nSPS) is 10.1. The van der Waals surface area contributed by atoms with E-state index in [2.05, 4.69) is 21.2 Å². The zero-order valence-electron chi connectivity index (χ0n) is 12.0. The molecule has 0 fully saturated rings. The molecule has 0 radical (unpaired) electrons. The van der Waals surface area contributed by atoms with Crippen molar-refractivity contribution >= 4 is 39.8 Å². The number of esters is 1. The molecule has 2 rings (SSSR count). The standard InChI is InChI=1S/C16H10BrF2NO4/c17-12-5-11(18)6-13(19)15(12)20-14(22)8-24-16(23)10-3-1-9(7-21)2-4-10/h1-7H,8H2,(H,20,22). The highest BCUT2D eigenvalue weighted by atomic mass is 79.9. The Kier molecular flexibility index (Phi) is 5.75. The topological polar surface area (TPSA) is 72.5 Å². The monoisotopic (exact) mass is 397 g/mol. The average molecular weight is 398 g/mol. The fraction of sp³-hybridized carbons (Fsp3) is 0.0625. The summed E-state index contributed by atoms with van der Waals surface area (Å²) in [6.07, 6.45) is 0.623. The van der Waals surface area contributed by atoms with Gasteiger partial charge in [-0.25, -0.2) is 13.6 Å².